The zero-order valence-electron chi connectivity index (χ0n) is 14.1. The lowest BCUT2D eigenvalue weighted by Crippen LogP contribution is -2.39. The number of aromatic nitrogens is 1. The number of benzene rings is 1. The van der Waals surface area contributed by atoms with Gasteiger partial charge in [-0.2, -0.15) is 0 Å². The van der Waals surface area contributed by atoms with Crippen LogP contribution in [0.3, 0.4) is 0 Å². The number of carbonyl (C=O) groups excluding carboxylic acids is 1. The summed E-state index contributed by atoms with van der Waals surface area (Å²) in [5, 5.41) is 16.3. The number of rotatable bonds is 7. The third kappa shape index (κ3) is 4.99. The second-order valence-corrected chi connectivity index (χ2v) is 6.35. The lowest BCUT2D eigenvalue weighted by molar-refractivity contribution is 0.163. The number of H-pyrrole nitrogens is 1. The van der Waals surface area contributed by atoms with Crippen LogP contribution in [0.4, 0.5) is 4.79 Å². The van der Waals surface area contributed by atoms with Gasteiger partial charge in [-0.15, -0.1) is 0 Å². The molecular formula is C18H27N3O2. The van der Waals surface area contributed by atoms with Crippen molar-refractivity contribution in [3.8, 4) is 0 Å². The number of amides is 2. The second-order valence-electron chi connectivity index (χ2n) is 6.35. The molecule has 1 aromatic carbocycles. The van der Waals surface area contributed by atoms with Crippen molar-refractivity contribution in [3.05, 3.63) is 35.5 Å². The van der Waals surface area contributed by atoms with Crippen LogP contribution in [0, 0.1) is 12.8 Å². The Morgan fingerprint density at radius 3 is 2.74 bits per heavy atom. The van der Waals surface area contributed by atoms with Crippen molar-refractivity contribution in [2.45, 2.75) is 39.7 Å². The number of nitrogens with one attached hydrogen (secondary N) is 3. The number of hydrogen-bond acceptors (Lipinski definition) is 2. The number of para-hydroxylation sites is 1. The number of aliphatic hydroxyl groups is 1. The van der Waals surface area contributed by atoms with E-state index in [-0.39, 0.29) is 18.1 Å². The summed E-state index contributed by atoms with van der Waals surface area (Å²) in [7, 11) is 0. The number of aromatic amines is 1. The highest BCUT2D eigenvalue weighted by Crippen LogP contribution is 2.21. The Balaban J connectivity index is 1.78. The lowest BCUT2D eigenvalue weighted by atomic mass is 10.1. The van der Waals surface area contributed by atoms with E-state index in [1.165, 1.54) is 10.9 Å². The fraction of sp³-hybridized carbons (Fsp3) is 0.500. The Hall–Kier alpha value is -2.01. The molecule has 0 saturated carbocycles. The van der Waals surface area contributed by atoms with E-state index in [0.717, 1.165) is 17.6 Å². The summed E-state index contributed by atoms with van der Waals surface area (Å²) in [5.41, 5.74) is 3.54. The van der Waals surface area contributed by atoms with E-state index >= 15 is 0 Å². The molecule has 5 nitrogen and oxygen atoms in total. The molecule has 2 atom stereocenters. The zero-order valence-corrected chi connectivity index (χ0v) is 14.1. The molecule has 5 heteroatoms. The fourth-order valence-electron chi connectivity index (χ4n) is 2.95. The minimum absolute atomic E-state index is 0.153. The van der Waals surface area contributed by atoms with Crippen LogP contribution in [0.2, 0.25) is 0 Å². The van der Waals surface area contributed by atoms with E-state index in [1.807, 2.05) is 19.1 Å². The first-order valence-electron chi connectivity index (χ1n) is 8.23. The van der Waals surface area contributed by atoms with Crippen molar-refractivity contribution >= 4 is 16.9 Å². The number of carbonyl (C=O) groups is 1. The van der Waals surface area contributed by atoms with Crippen molar-refractivity contribution < 1.29 is 9.90 Å². The van der Waals surface area contributed by atoms with Gasteiger partial charge in [0, 0.05) is 29.7 Å². The molecule has 4 N–H and O–H groups in total. The molecule has 2 rings (SSSR count). The summed E-state index contributed by atoms with van der Waals surface area (Å²) < 4.78 is 0. The molecule has 0 aliphatic heterocycles. The summed E-state index contributed by atoms with van der Waals surface area (Å²) in [4.78, 5) is 15.2. The summed E-state index contributed by atoms with van der Waals surface area (Å²) in [5.74, 6) is 0.261. The van der Waals surface area contributed by atoms with Gasteiger partial charge in [-0.3, -0.25) is 0 Å². The van der Waals surface area contributed by atoms with Crippen molar-refractivity contribution in [1.82, 2.24) is 15.6 Å². The predicted molar refractivity (Wildman–Crippen MR) is 93.6 cm³/mol. The highest BCUT2D eigenvalue weighted by Gasteiger charge is 2.10. The summed E-state index contributed by atoms with van der Waals surface area (Å²) >= 11 is 0. The van der Waals surface area contributed by atoms with Crippen LogP contribution >= 0.6 is 0 Å². The molecule has 0 saturated heterocycles. The molecule has 23 heavy (non-hydrogen) atoms. The van der Waals surface area contributed by atoms with Gasteiger partial charge in [0.05, 0.1) is 6.10 Å². The van der Waals surface area contributed by atoms with Crippen molar-refractivity contribution in [2.75, 3.05) is 13.1 Å². The van der Waals surface area contributed by atoms with E-state index in [0.29, 0.717) is 19.5 Å². The van der Waals surface area contributed by atoms with Gasteiger partial charge in [-0.05, 0) is 44.2 Å². The van der Waals surface area contributed by atoms with Gasteiger partial charge in [-0.25, -0.2) is 4.79 Å². The molecule has 0 bridgehead atoms. The maximum absolute atomic E-state index is 11.8. The molecule has 2 amide bonds. The third-order valence-corrected chi connectivity index (χ3v) is 4.04. The van der Waals surface area contributed by atoms with E-state index in [2.05, 4.69) is 34.7 Å². The van der Waals surface area contributed by atoms with E-state index < -0.39 is 0 Å². The van der Waals surface area contributed by atoms with Crippen molar-refractivity contribution in [3.63, 3.8) is 0 Å². The van der Waals surface area contributed by atoms with Gasteiger partial charge in [0.25, 0.3) is 0 Å². The number of urea groups is 1. The molecule has 0 fully saturated rings. The standard InChI is InChI=1S/C18H27N3O2/c1-12(10-13(2)22)11-20-18(23)19-9-8-15-14(3)21-17-7-5-4-6-16(15)17/h4-7,12-13,21-22H,8-11H2,1-3H3,(H2,19,20,23). The Morgan fingerprint density at radius 1 is 1.26 bits per heavy atom. The zero-order chi connectivity index (χ0) is 16.8. The highest BCUT2D eigenvalue weighted by molar-refractivity contribution is 5.84. The normalized spacial score (nSPS) is 13.7. The molecular weight excluding hydrogens is 290 g/mol. The summed E-state index contributed by atoms with van der Waals surface area (Å²) in [6, 6.07) is 8.06. The lowest BCUT2D eigenvalue weighted by Gasteiger charge is -2.14. The number of hydrogen-bond donors (Lipinski definition) is 4. The largest absolute Gasteiger partial charge is 0.393 e. The Kier molecular flexibility index (Phi) is 6.04. The monoisotopic (exact) mass is 317 g/mol. The van der Waals surface area contributed by atoms with Crippen LogP contribution < -0.4 is 10.6 Å². The van der Waals surface area contributed by atoms with Crippen LogP contribution in [0.5, 0.6) is 0 Å². The van der Waals surface area contributed by atoms with Gasteiger partial charge in [0.1, 0.15) is 0 Å². The molecule has 0 aliphatic rings. The molecule has 2 unspecified atom stereocenters. The molecule has 2 aromatic rings. The molecule has 1 heterocycles. The smallest absolute Gasteiger partial charge is 0.314 e. The van der Waals surface area contributed by atoms with Crippen LogP contribution in [-0.2, 0) is 6.42 Å². The number of aliphatic hydroxyl groups excluding tert-OH is 1. The molecule has 0 radical (unpaired) electrons. The first-order chi connectivity index (χ1) is 11.0. The number of aryl methyl sites for hydroxylation is 1. The maximum atomic E-state index is 11.8. The van der Waals surface area contributed by atoms with E-state index in [1.54, 1.807) is 6.92 Å². The first-order valence-corrected chi connectivity index (χ1v) is 8.23. The number of fused-ring (bicyclic) bond motifs is 1. The van der Waals surface area contributed by atoms with Crippen LogP contribution in [0.1, 0.15) is 31.5 Å². The average Bonchev–Trinajstić information content (AvgIpc) is 2.80. The fourth-order valence-corrected chi connectivity index (χ4v) is 2.95. The minimum atomic E-state index is -0.334. The Labute approximate surface area is 137 Å². The van der Waals surface area contributed by atoms with Crippen molar-refractivity contribution in [1.29, 1.82) is 0 Å². The highest BCUT2D eigenvalue weighted by atomic mass is 16.3. The van der Waals surface area contributed by atoms with Gasteiger partial charge >= 0.3 is 6.03 Å². The SMILES string of the molecule is Cc1[nH]c2ccccc2c1CCNC(=O)NCC(C)CC(C)O. The molecule has 0 aliphatic carbocycles. The summed E-state index contributed by atoms with van der Waals surface area (Å²) in [6.45, 7) is 7.01. The minimum Gasteiger partial charge on any atom is -0.393 e. The van der Waals surface area contributed by atoms with Gasteiger partial charge in [-0.1, -0.05) is 25.1 Å². The molecule has 1 aromatic heterocycles. The topological polar surface area (TPSA) is 77.2 Å². The van der Waals surface area contributed by atoms with E-state index in [9.17, 15) is 9.90 Å². The van der Waals surface area contributed by atoms with Crippen LogP contribution in [0.15, 0.2) is 24.3 Å². The first kappa shape index (κ1) is 17.3. The maximum Gasteiger partial charge on any atom is 0.314 e. The Morgan fingerprint density at radius 2 is 2.00 bits per heavy atom. The van der Waals surface area contributed by atoms with Crippen LogP contribution in [-0.4, -0.2) is 35.3 Å². The van der Waals surface area contributed by atoms with Gasteiger partial charge in [0.2, 0.25) is 0 Å². The van der Waals surface area contributed by atoms with Gasteiger partial charge < -0.3 is 20.7 Å². The quantitative estimate of drug-likeness (QED) is 0.634. The molecule has 126 valence electrons. The average molecular weight is 317 g/mol. The Bertz CT molecular complexity index is 649. The third-order valence-electron chi connectivity index (χ3n) is 4.04. The molecule has 0 spiro atoms. The summed E-state index contributed by atoms with van der Waals surface area (Å²) in [6.07, 6.45) is 1.15. The van der Waals surface area contributed by atoms with E-state index in [4.69, 9.17) is 0 Å². The van der Waals surface area contributed by atoms with Gasteiger partial charge in [0.15, 0.2) is 0 Å². The predicted octanol–water partition coefficient (Wildman–Crippen LogP) is 2.73. The van der Waals surface area contributed by atoms with Crippen molar-refractivity contribution in [2.24, 2.45) is 5.92 Å². The van der Waals surface area contributed by atoms with Crippen LogP contribution in [0.25, 0.3) is 10.9 Å². The second kappa shape index (κ2) is 8.02.